The maximum absolute atomic E-state index is 2.57. The molecule has 0 aliphatic carbocycles. The molecule has 0 heterocycles. The first-order chi connectivity index (χ1) is 9.00. The quantitative estimate of drug-likeness (QED) is 0.701. The van der Waals surface area contributed by atoms with Crippen molar-refractivity contribution in [2.75, 3.05) is 14.1 Å². The Bertz CT molecular complexity index is 473. The van der Waals surface area contributed by atoms with Crippen LogP contribution in [0, 0.1) is 5.41 Å². The van der Waals surface area contributed by atoms with E-state index in [4.69, 9.17) is 0 Å². The average Bonchev–Trinajstić information content (AvgIpc) is 2.23. The second-order valence-electron chi connectivity index (χ2n) is 8.07. The van der Waals surface area contributed by atoms with Crippen molar-refractivity contribution in [3.05, 3.63) is 41.1 Å². The van der Waals surface area contributed by atoms with E-state index in [1.165, 1.54) is 16.7 Å². The fourth-order valence-electron chi connectivity index (χ4n) is 2.39. The minimum Gasteiger partial charge on any atom is -0.305 e. The van der Waals surface area contributed by atoms with Gasteiger partial charge in [0, 0.05) is 6.54 Å². The number of rotatable bonds is 4. The summed E-state index contributed by atoms with van der Waals surface area (Å²) in [5.41, 5.74) is 7.12. The van der Waals surface area contributed by atoms with E-state index in [1.54, 1.807) is 0 Å². The third-order valence-corrected chi connectivity index (χ3v) is 4.33. The highest BCUT2D eigenvalue weighted by Gasteiger charge is 2.24. The lowest BCUT2D eigenvalue weighted by Gasteiger charge is -2.29. The van der Waals surface area contributed by atoms with Crippen molar-refractivity contribution in [2.24, 2.45) is 5.41 Å². The molecular formula is C18H31NSi. The van der Waals surface area contributed by atoms with Crippen molar-refractivity contribution >= 4 is 13.6 Å². The van der Waals surface area contributed by atoms with Gasteiger partial charge in [-0.25, -0.2) is 0 Å². The van der Waals surface area contributed by atoms with Gasteiger partial charge in [-0.15, -0.1) is 0 Å². The minimum absolute atomic E-state index is 0.183. The molecule has 0 unspecified atom stereocenters. The van der Waals surface area contributed by atoms with Crippen molar-refractivity contribution in [3.8, 4) is 0 Å². The van der Waals surface area contributed by atoms with E-state index in [9.17, 15) is 0 Å². The fourth-order valence-corrected chi connectivity index (χ4v) is 3.85. The van der Waals surface area contributed by atoms with Crippen LogP contribution in [-0.2, 0) is 6.54 Å². The fraction of sp³-hybridized carbons (Fsp3) is 0.556. The van der Waals surface area contributed by atoms with Crippen LogP contribution in [0.25, 0.3) is 5.57 Å². The molecule has 1 aromatic carbocycles. The Labute approximate surface area is 126 Å². The van der Waals surface area contributed by atoms with Gasteiger partial charge in [-0.1, -0.05) is 70.4 Å². The molecule has 0 saturated heterocycles. The monoisotopic (exact) mass is 289 g/mol. The van der Waals surface area contributed by atoms with Gasteiger partial charge in [0.1, 0.15) is 0 Å². The molecule has 0 N–H and O–H groups in total. The van der Waals surface area contributed by atoms with E-state index >= 15 is 0 Å². The summed E-state index contributed by atoms with van der Waals surface area (Å²) in [5.74, 6) is 0. The third-order valence-electron chi connectivity index (χ3n) is 3.18. The third kappa shape index (κ3) is 5.26. The Kier molecular flexibility index (Phi) is 5.39. The topological polar surface area (TPSA) is 3.24 Å². The van der Waals surface area contributed by atoms with Crippen molar-refractivity contribution in [3.63, 3.8) is 0 Å². The SMILES string of the molecule is CN(C)Cc1ccccc1/C(=C\[Si](C)(C)C)C(C)(C)C. The Hall–Kier alpha value is -0.863. The van der Waals surface area contributed by atoms with E-state index in [0.717, 1.165) is 6.54 Å². The number of benzene rings is 1. The summed E-state index contributed by atoms with van der Waals surface area (Å²) in [6, 6.07) is 8.87. The van der Waals surface area contributed by atoms with E-state index < -0.39 is 8.07 Å². The van der Waals surface area contributed by atoms with Gasteiger partial charge in [0.05, 0.1) is 8.07 Å². The van der Waals surface area contributed by atoms with Crippen LogP contribution in [0.2, 0.25) is 19.6 Å². The lowest BCUT2D eigenvalue weighted by Crippen LogP contribution is -2.22. The van der Waals surface area contributed by atoms with E-state index in [2.05, 4.69) is 89.4 Å². The summed E-state index contributed by atoms with van der Waals surface area (Å²) in [7, 11) is 3.02. The van der Waals surface area contributed by atoms with Crippen LogP contribution in [0.4, 0.5) is 0 Å². The van der Waals surface area contributed by atoms with Crippen LogP contribution < -0.4 is 0 Å². The van der Waals surface area contributed by atoms with Gasteiger partial charge >= 0.3 is 0 Å². The molecule has 2 heteroatoms. The standard InChI is InChI=1S/C18H31NSi/c1-18(2,3)17(14-20(6,7)8)16-12-10-9-11-15(16)13-19(4)5/h9-12,14H,13H2,1-8H3/b17-14+. The molecule has 0 saturated carbocycles. The first-order valence-electron chi connectivity index (χ1n) is 7.47. The Balaban J connectivity index is 3.40. The summed E-state index contributed by atoms with van der Waals surface area (Å²) >= 11 is 0. The molecule has 0 fully saturated rings. The Morgan fingerprint density at radius 2 is 1.65 bits per heavy atom. The molecular weight excluding hydrogens is 258 g/mol. The number of hydrogen-bond acceptors (Lipinski definition) is 1. The molecule has 0 atom stereocenters. The van der Waals surface area contributed by atoms with Crippen molar-refractivity contribution in [2.45, 2.75) is 47.0 Å². The van der Waals surface area contributed by atoms with E-state index in [0.29, 0.717) is 0 Å². The molecule has 0 spiro atoms. The summed E-state index contributed by atoms with van der Waals surface area (Å²) in [6.07, 6.45) is 0. The van der Waals surface area contributed by atoms with Crippen molar-refractivity contribution in [1.29, 1.82) is 0 Å². The zero-order chi connectivity index (χ0) is 15.6. The molecule has 112 valence electrons. The maximum atomic E-state index is 2.57. The molecule has 1 aromatic rings. The highest BCUT2D eigenvalue weighted by atomic mass is 28.3. The summed E-state index contributed by atoms with van der Waals surface area (Å²) in [4.78, 5) is 2.24. The number of allylic oxidation sites excluding steroid dienone is 1. The molecule has 0 radical (unpaired) electrons. The second-order valence-corrected chi connectivity index (χ2v) is 13.1. The van der Waals surface area contributed by atoms with Crippen LogP contribution in [0.5, 0.6) is 0 Å². The first kappa shape index (κ1) is 17.2. The molecule has 0 aromatic heterocycles. The molecule has 0 aliphatic rings. The Morgan fingerprint density at radius 3 is 2.10 bits per heavy atom. The van der Waals surface area contributed by atoms with Crippen LogP contribution in [0.15, 0.2) is 30.0 Å². The molecule has 1 rings (SSSR count). The van der Waals surface area contributed by atoms with Crippen LogP contribution >= 0.6 is 0 Å². The summed E-state index contributed by atoms with van der Waals surface area (Å²) < 4.78 is 0. The van der Waals surface area contributed by atoms with Crippen LogP contribution in [-0.4, -0.2) is 27.1 Å². The molecule has 0 aliphatic heterocycles. The maximum Gasteiger partial charge on any atom is 0.0691 e. The highest BCUT2D eigenvalue weighted by molar-refractivity contribution is 6.81. The van der Waals surface area contributed by atoms with Gasteiger partial charge in [-0.3, -0.25) is 0 Å². The van der Waals surface area contributed by atoms with Crippen molar-refractivity contribution < 1.29 is 0 Å². The highest BCUT2D eigenvalue weighted by Crippen LogP contribution is 2.37. The number of hydrogen-bond donors (Lipinski definition) is 0. The van der Waals surface area contributed by atoms with Gasteiger partial charge < -0.3 is 4.90 Å². The summed E-state index contributed by atoms with van der Waals surface area (Å²) in [6.45, 7) is 15.2. The molecule has 0 bridgehead atoms. The molecule has 1 nitrogen and oxygen atoms in total. The van der Waals surface area contributed by atoms with Gasteiger partial charge in [-0.2, -0.15) is 0 Å². The number of nitrogens with zero attached hydrogens (tertiary/aromatic N) is 1. The average molecular weight is 290 g/mol. The molecule has 0 amide bonds. The zero-order valence-corrected chi connectivity index (χ0v) is 15.5. The zero-order valence-electron chi connectivity index (χ0n) is 14.5. The van der Waals surface area contributed by atoms with Gasteiger partial charge in [-0.05, 0) is 36.2 Å². The molecule has 20 heavy (non-hydrogen) atoms. The lowest BCUT2D eigenvalue weighted by molar-refractivity contribution is 0.401. The largest absolute Gasteiger partial charge is 0.305 e. The second kappa shape index (κ2) is 6.27. The van der Waals surface area contributed by atoms with Crippen LogP contribution in [0.3, 0.4) is 0 Å². The summed E-state index contributed by atoms with van der Waals surface area (Å²) in [5, 5.41) is 0. The van der Waals surface area contributed by atoms with E-state index in [-0.39, 0.29) is 5.41 Å². The Morgan fingerprint density at radius 1 is 1.10 bits per heavy atom. The normalized spacial score (nSPS) is 13.9. The van der Waals surface area contributed by atoms with E-state index in [1.807, 2.05) is 0 Å². The predicted octanol–water partition coefficient (Wildman–Crippen LogP) is 5.06. The van der Waals surface area contributed by atoms with Gasteiger partial charge in [0.2, 0.25) is 0 Å². The predicted molar refractivity (Wildman–Crippen MR) is 94.6 cm³/mol. The van der Waals surface area contributed by atoms with Gasteiger partial charge in [0.15, 0.2) is 0 Å². The van der Waals surface area contributed by atoms with Crippen LogP contribution in [0.1, 0.15) is 31.9 Å². The smallest absolute Gasteiger partial charge is 0.0691 e. The van der Waals surface area contributed by atoms with Gasteiger partial charge in [0.25, 0.3) is 0 Å². The minimum atomic E-state index is -1.25. The first-order valence-corrected chi connectivity index (χ1v) is 11.0. The van der Waals surface area contributed by atoms with Crippen molar-refractivity contribution in [1.82, 2.24) is 4.90 Å². The lowest BCUT2D eigenvalue weighted by atomic mass is 9.81.